The zero-order valence-electron chi connectivity index (χ0n) is 17.9. The molecule has 31 heavy (non-hydrogen) atoms. The van der Waals surface area contributed by atoms with E-state index in [-0.39, 0.29) is 0 Å². The number of rotatable bonds is 7. The summed E-state index contributed by atoms with van der Waals surface area (Å²) >= 11 is 2.01. The third-order valence-corrected chi connectivity index (χ3v) is 6.80. The van der Waals surface area contributed by atoms with Gasteiger partial charge in [-0.05, 0) is 30.2 Å². The Morgan fingerprint density at radius 2 is 1.61 bits per heavy atom. The Balaban J connectivity index is 1.29. The highest BCUT2D eigenvalue weighted by atomic mass is 32.2. The van der Waals surface area contributed by atoms with Gasteiger partial charge in [-0.3, -0.25) is 9.47 Å². The molecule has 4 nitrogen and oxygen atoms in total. The zero-order chi connectivity index (χ0) is 21.0. The molecule has 4 aromatic rings. The number of aromatic nitrogens is 2. The van der Waals surface area contributed by atoms with Crippen LogP contribution in [0.3, 0.4) is 0 Å². The SMILES string of the molecule is Cc1ccc(CSCCN2CN(Cc3ccccc3)c3nc4ccccc4n3C2)cc1. The van der Waals surface area contributed by atoms with Crippen LogP contribution in [0.25, 0.3) is 11.0 Å². The van der Waals surface area contributed by atoms with Gasteiger partial charge in [-0.25, -0.2) is 4.98 Å². The molecule has 0 saturated heterocycles. The van der Waals surface area contributed by atoms with Crippen molar-refractivity contribution in [3.8, 4) is 0 Å². The summed E-state index contributed by atoms with van der Waals surface area (Å²) in [5.74, 6) is 3.27. The molecule has 3 aromatic carbocycles. The number of para-hydroxylation sites is 2. The summed E-state index contributed by atoms with van der Waals surface area (Å²) in [6.45, 7) is 5.88. The van der Waals surface area contributed by atoms with E-state index in [0.29, 0.717) is 0 Å². The van der Waals surface area contributed by atoms with Gasteiger partial charge in [-0.2, -0.15) is 11.8 Å². The molecule has 0 radical (unpaired) electrons. The van der Waals surface area contributed by atoms with Crippen LogP contribution in [-0.4, -0.2) is 33.4 Å². The second-order valence-corrected chi connectivity index (χ2v) is 9.33. The number of hydrogen-bond donors (Lipinski definition) is 0. The third-order valence-electron chi connectivity index (χ3n) is 5.79. The van der Waals surface area contributed by atoms with Crippen LogP contribution < -0.4 is 4.90 Å². The molecule has 2 heterocycles. The monoisotopic (exact) mass is 428 g/mol. The minimum absolute atomic E-state index is 0.872. The number of fused-ring (bicyclic) bond motifs is 3. The topological polar surface area (TPSA) is 24.3 Å². The van der Waals surface area contributed by atoms with Gasteiger partial charge >= 0.3 is 0 Å². The standard InChI is InChI=1S/C26H28N4S/c1-21-11-13-23(14-12-21)18-31-16-15-28-19-29(17-22-7-3-2-4-8-22)26-27-24-9-5-6-10-25(24)30(26)20-28/h2-14H,15-20H2,1H3. The van der Waals surface area contributed by atoms with Crippen LogP contribution in [0.15, 0.2) is 78.9 Å². The lowest BCUT2D eigenvalue weighted by Gasteiger charge is -2.37. The summed E-state index contributed by atoms with van der Waals surface area (Å²) in [6.07, 6.45) is 0. The molecular weight excluding hydrogens is 400 g/mol. The summed E-state index contributed by atoms with van der Waals surface area (Å²) < 4.78 is 2.37. The number of aryl methyl sites for hydroxylation is 1. The van der Waals surface area contributed by atoms with Crippen molar-refractivity contribution in [2.45, 2.75) is 25.9 Å². The van der Waals surface area contributed by atoms with E-state index in [1.54, 1.807) is 0 Å². The average molecular weight is 429 g/mol. The van der Waals surface area contributed by atoms with Gasteiger partial charge < -0.3 is 4.90 Å². The Morgan fingerprint density at radius 1 is 0.839 bits per heavy atom. The van der Waals surface area contributed by atoms with Crippen LogP contribution >= 0.6 is 11.8 Å². The molecule has 158 valence electrons. The molecule has 0 bridgehead atoms. The van der Waals surface area contributed by atoms with Crippen molar-refractivity contribution in [2.75, 3.05) is 23.9 Å². The Bertz CT molecular complexity index is 1140. The second-order valence-electron chi connectivity index (χ2n) is 8.23. The fourth-order valence-corrected chi connectivity index (χ4v) is 5.09. The molecule has 0 atom stereocenters. The first-order chi connectivity index (χ1) is 15.3. The highest BCUT2D eigenvalue weighted by Gasteiger charge is 2.25. The predicted octanol–water partition coefficient (Wildman–Crippen LogP) is 5.52. The number of anilines is 1. The summed E-state index contributed by atoms with van der Waals surface area (Å²) in [7, 11) is 0. The van der Waals surface area contributed by atoms with Crippen molar-refractivity contribution in [3.63, 3.8) is 0 Å². The number of imidazole rings is 1. The highest BCUT2D eigenvalue weighted by Crippen LogP contribution is 2.28. The van der Waals surface area contributed by atoms with Gasteiger partial charge in [0.15, 0.2) is 0 Å². The van der Waals surface area contributed by atoms with Crippen molar-refractivity contribution in [2.24, 2.45) is 0 Å². The normalized spacial score (nSPS) is 14.2. The molecule has 0 N–H and O–H groups in total. The minimum Gasteiger partial charge on any atom is -0.325 e. The Labute approximate surface area is 188 Å². The Kier molecular flexibility index (Phi) is 5.96. The first-order valence-corrected chi connectivity index (χ1v) is 12.0. The Hall–Kier alpha value is -2.76. The van der Waals surface area contributed by atoms with Gasteiger partial charge in [0.1, 0.15) is 0 Å². The Morgan fingerprint density at radius 3 is 2.45 bits per heavy atom. The van der Waals surface area contributed by atoms with Crippen LogP contribution in [0, 0.1) is 6.92 Å². The van der Waals surface area contributed by atoms with E-state index < -0.39 is 0 Å². The van der Waals surface area contributed by atoms with Crippen LogP contribution in [0.5, 0.6) is 0 Å². The molecule has 5 heteroatoms. The molecule has 0 saturated carbocycles. The summed E-state index contributed by atoms with van der Waals surface area (Å²) in [6, 6.07) is 28.1. The predicted molar refractivity (Wildman–Crippen MR) is 131 cm³/mol. The van der Waals surface area contributed by atoms with Crippen LogP contribution in [0.1, 0.15) is 16.7 Å². The number of thioether (sulfide) groups is 1. The third kappa shape index (κ3) is 4.63. The molecule has 1 aromatic heterocycles. The lowest BCUT2D eigenvalue weighted by Crippen LogP contribution is -2.45. The smallest absolute Gasteiger partial charge is 0.209 e. The van der Waals surface area contributed by atoms with Gasteiger partial charge in [0.25, 0.3) is 0 Å². The van der Waals surface area contributed by atoms with E-state index in [0.717, 1.165) is 49.4 Å². The number of benzene rings is 3. The van der Waals surface area contributed by atoms with Gasteiger partial charge in [-0.15, -0.1) is 0 Å². The molecule has 0 aliphatic carbocycles. The molecule has 0 unspecified atom stereocenters. The van der Waals surface area contributed by atoms with Crippen LogP contribution in [-0.2, 0) is 19.0 Å². The maximum Gasteiger partial charge on any atom is 0.209 e. The highest BCUT2D eigenvalue weighted by molar-refractivity contribution is 7.98. The molecular formula is C26H28N4S. The van der Waals surface area contributed by atoms with Crippen molar-refractivity contribution in [1.29, 1.82) is 0 Å². The first kappa shape index (κ1) is 20.2. The maximum atomic E-state index is 4.97. The lowest BCUT2D eigenvalue weighted by molar-refractivity contribution is 0.210. The number of nitrogens with zero attached hydrogens (tertiary/aromatic N) is 4. The molecule has 0 spiro atoms. The van der Waals surface area contributed by atoms with E-state index in [1.807, 2.05) is 11.8 Å². The fraction of sp³-hybridized carbons (Fsp3) is 0.269. The van der Waals surface area contributed by atoms with Gasteiger partial charge in [-0.1, -0.05) is 72.3 Å². The van der Waals surface area contributed by atoms with Gasteiger partial charge in [0.05, 0.1) is 24.4 Å². The maximum absolute atomic E-state index is 4.97. The minimum atomic E-state index is 0.872. The van der Waals surface area contributed by atoms with E-state index in [2.05, 4.69) is 100 Å². The van der Waals surface area contributed by atoms with Crippen LogP contribution in [0.4, 0.5) is 5.95 Å². The van der Waals surface area contributed by atoms with Crippen molar-refractivity contribution in [1.82, 2.24) is 14.5 Å². The molecule has 1 aliphatic heterocycles. The van der Waals surface area contributed by atoms with Gasteiger partial charge in [0.2, 0.25) is 5.95 Å². The van der Waals surface area contributed by atoms with E-state index in [4.69, 9.17) is 4.98 Å². The molecule has 1 aliphatic rings. The van der Waals surface area contributed by atoms with Gasteiger partial charge in [0, 0.05) is 24.6 Å². The van der Waals surface area contributed by atoms with E-state index in [1.165, 1.54) is 22.2 Å². The number of hydrogen-bond acceptors (Lipinski definition) is 4. The van der Waals surface area contributed by atoms with Crippen molar-refractivity contribution in [3.05, 3.63) is 95.6 Å². The fourth-order valence-electron chi connectivity index (χ4n) is 4.13. The zero-order valence-corrected chi connectivity index (χ0v) is 18.8. The largest absolute Gasteiger partial charge is 0.325 e. The molecule has 5 rings (SSSR count). The lowest BCUT2D eigenvalue weighted by atomic mass is 10.2. The quantitative estimate of drug-likeness (QED) is 0.362. The van der Waals surface area contributed by atoms with E-state index >= 15 is 0 Å². The van der Waals surface area contributed by atoms with E-state index in [9.17, 15) is 0 Å². The first-order valence-electron chi connectivity index (χ1n) is 10.9. The summed E-state index contributed by atoms with van der Waals surface area (Å²) in [5, 5.41) is 0. The molecule has 0 fully saturated rings. The second kappa shape index (κ2) is 9.16. The summed E-state index contributed by atoms with van der Waals surface area (Å²) in [4.78, 5) is 9.91. The molecule has 0 amide bonds. The summed E-state index contributed by atoms with van der Waals surface area (Å²) in [5.41, 5.74) is 6.34. The average Bonchev–Trinajstić information content (AvgIpc) is 3.18. The van der Waals surface area contributed by atoms with Crippen molar-refractivity contribution < 1.29 is 0 Å². The van der Waals surface area contributed by atoms with Crippen LogP contribution in [0.2, 0.25) is 0 Å². The van der Waals surface area contributed by atoms with Crippen molar-refractivity contribution >= 4 is 28.7 Å².